The zero-order valence-electron chi connectivity index (χ0n) is 12.8. The molecule has 1 unspecified atom stereocenters. The van der Waals surface area contributed by atoms with Crippen LogP contribution in [0.1, 0.15) is 23.5 Å². The van der Waals surface area contributed by atoms with Crippen LogP contribution >= 0.6 is 15.9 Å². The highest BCUT2D eigenvalue weighted by Crippen LogP contribution is 2.29. The van der Waals surface area contributed by atoms with E-state index in [2.05, 4.69) is 15.9 Å². The summed E-state index contributed by atoms with van der Waals surface area (Å²) in [6.07, 6.45) is 3.29. The predicted octanol–water partition coefficient (Wildman–Crippen LogP) is 3.81. The molecule has 0 radical (unpaired) electrons. The summed E-state index contributed by atoms with van der Waals surface area (Å²) in [4.78, 5) is 12.4. The maximum Gasteiger partial charge on any atom is 0.245 e. The van der Waals surface area contributed by atoms with E-state index in [9.17, 15) is 13.2 Å². The van der Waals surface area contributed by atoms with Gasteiger partial charge in [-0.3, -0.25) is 4.79 Å². The van der Waals surface area contributed by atoms with Crippen molar-refractivity contribution in [3.05, 3.63) is 82.5 Å². The fourth-order valence-electron chi connectivity index (χ4n) is 2.68. The van der Waals surface area contributed by atoms with E-state index >= 15 is 0 Å². The van der Waals surface area contributed by atoms with E-state index in [4.69, 9.17) is 0 Å². The van der Waals surface area contributed by atoms with Crippen LogP contribution in [0.4, 0.5) is 0 Å². The molecule has 0 bridgehead atoms. The molecule has 2 aromatic rings. The maximum atomic E-state index is 12.5. The number of allylic oxidation sites excluding steroid dienone is 1. The fraction of sp³-hybridized carbons (Fsp3) is 0.167. The first kappa shape index (κ1) is 16.9. The average Bonchev–Trinajstić information content (AvgIpc) is 2.55. The monoisotopic (exact) mass is 405 g/mol. The summed E-state index contributed by atoms with van der Waals surface area (Å²) in [6.45, 7) is 0. The third kappa shape index (κ3) is 3.76. The molecule has 1 amide bonds. The highest BCUT2D eigenvalue weighted by atomic mass is 79.9. The highest BCUT2D eigenvalue weighted by Gasteiger charge is 2.31. The zero-order valence-corrected chi connectivity index (χ0v) is 15.2. The second-order valence-electron chi connectivity index (χ2n) is 5.64. The molecule has 2 aromatic carbocycles. The van der Waals surface area contributed by atoms with Gasteiger partial charge in [-0.2, -0.15) is 0 Å². The van der Waals surface area contributed by atoms with Gasteiger partial charge in [0.25, 0.3) is 0 Å². The van der Waals surface area contributed by atoms with Crippen molar-refractivity contribution < 1.29 is 13.2 Å². The third-order valence-corrected chi connectivity index (χ3v) is 5.98. The first-order valence-corrected chi connectivity index (χ1v) is 9.88. The molecule has 0 saturated carbocycles. The lowest BCUT2D eigenvalue weighted by Gasteiger charge is -2.26. The van der Waals surface area contributed by atoms with Gasteiger partial charge in [0.05, 0.1) is 5.75 Å². The number of hydrogen-bond donors (Lipinski definition) is 0. The van der Waals surface area contributed by atoms with Crippen LogP contribution in [-0.4, -0.2) is 18.6 Å². The Morgan fingerprint density at radius 3 is 2.50 bits per heavy atom. The smallest absolute Gasteiger partial charge is 0.245 e. The van der Waals surface area contributed by atoms with E-state index < -0.39 is 15.9 Å². The topological polar surface area (TPSA) is 54.5 Å². The molecule has 1 heterocycles. The molecule has 0 fully saturated rings. The molecule has 6 heteroatoms. The fourth-order valence-corrected chi connectivity index (χ4v) is 4.49. The van der Waals surface area contributed by atoms with Gasteiger partial charge in [-0.15, -0.1) is 0 Å². The minimum absolute atomic E-state index is 0.113. The average molecular weight is 406 g/mol. The van der Waals surface area contributed by atoms with E-state index in [0.29, 0.717) is 5.56 Å². The molecule has 0 spiro atoms. The number of sulfonamides is 1. The van der Waals surface area contributed by atoms with E-state index in [-0.39, 0.29) is 18.1 Å². The first-order valence-electron chi connectivity index (χ1n) is 7.48. The van der Waals surface area contributed by atoms with Crippen molar-refractivity contribution in [1.82, 2.24) is 4.31 Å². The van der Waals surface area contributed by atoms with E-state index in [1.54, 1.807) is 30.3 Å². The van der Waals surface area contributed by atoms with Crippen molar-refractivity contribution in [1.29, 1.82) is 0 Å². The molecule has 124 valence electrons. The van der Waals surface area contributed by atoms with Crippen LogP contribution in [0.2, 0.25) is 0 Å². The Bertz CT molecular complexity index is 878. The normalized spacial score (nSPS) is 18.0. The number of amides is 1. The second-order valence-corrected chi connectivity index (χ2v) is 8.40. The van der Waals surface area contributed by atoms with Gasteiger partial charge >= 0.3 is 0 Å². The number of halogens is 1. The molecule has 0 aromatic heterocycles. The number of hydrogen-bond acceptors (Lipinski definition) is 3. The second kappa shape index (κ2) is 6.91. The first-order chi connectivity index (χ1) is 11.5. The Kier molecular flexibility index (Phi) is 4.87. The van der Waals surface area contributed by atoms with Crippen LogP contribution in [0.25, 0.3) is 0 Å². The van der Waals surface area contributed by atoms with Gasteiger partial charge in [-0.1, -0.05) is 64.5 Å². The van der Waals surface area contributed by atoms with Crippen molar-refractivity contribution in [3.8, 4) is 0 Å². The lowest BCUT2D eigenvalue weighted by Crippen LogP contribution is -2.36. The van der Waals surface area contributed by atoms with Crippen molar-refractivity contribution in [3.63, 3.8) is 0 Å². The quantitative estimate of drug-likeness (QED) is 0.776. The summed E-state index contributed by atoms with van der Waals surface area (Å²) in [7, 11) is -3.71. The van der Waals surface area contributed by atoms with Crippen molar-refractivity contribution in [2.24, 2.45) is 0 Å². The molecule has 3 rings (SSSR count). The van der Waals surface area contributed by atoms with Crippen molar-refractivity contribution in [2.45, 2.75) is 18.1 Å². The number of benzene rings is 2. The van der Waals surface area contributed by atoms with Crippen LogP contribution in [0.5, 0.6) is 0 Å². The molecule has 1 atom stereocenters. The Hall–Kier alpha value is -1.92. The highest BCUT2D eigenvalue weighted by molar-refractivity contribution is 9.10. The molecular formula is C18H16BrNO3S. The van der Waals surface area contributed by atoms with Crippen LogP contribution in [0.15, 0.2) is 71.3 Å². The van der Waals surface area contributed by atoms with Gasteiger partial charge in [0, 0.05) is 23.0 Å². The zero-order chi connectivity index (χ0) is 17.2. The van der Waals surface area contributed by atoms with Crippen molar-refractivity contribution >= 4 is 31.9 Å². The Balaban J connectivity index is 1.81. The van der Waals surface area contributed by atoms with E-state index in [1.807, 2.05) is 30.3 Å². The molecule has 1 aliphatic heterocycles. The summed E-state index contributed by atoms with van der Waals surface area (Å²) in [5, 5.41) is 0. The minimum atomic E-state index is -3.71. The molecule has 0 aliphatic carbocycles. The molecule has 0 saturated heterocycles. The SMILES string of the molecule is O=C1CC(c2cccc(Br)c2)C=CN1S(=O)(=O)Cc1ccccc1. The van der Waals surface area contributed by atoms with Gasteiger partial charge in [-0.05, 0) is 23.3 Å². The summed E-state index contributed by atoms with van der Waals surface area (Å²) < 4.78 is 26.8. The van der Waals surface area contributed by atoms with Gasteiger partial charge in [0.1, 0.15) is 0 Å². The number of carbonyl (C=O) groups excluding carboxylic acids is 1. The van der Waals surface area contributed by atoms with Gasteiger partial charge in [-0.25, -0.2) is 12.7 Å². The summed E-state index contributed by atoms with van der Waals surface area (Å²) in [5.74, 6) is -0.706. The van der Waals surface area contributed by atoms with Gasteiger partial charge < -0.3 is 0 Å². The number of carbonyl (C=O) groups is 1. The summed E-state index contributed by atoms with van der Waals surface area (Å²) in [5.41, 5.74) is 1.64. The van der Waals surface area contributed by atoms with Gasteiger partial charge in [0.15, 0.2) is 0 Å². The lowest BCUT2D eigenvalue weighted by molar-refractivity contribution is -0.125. The molecule has 4 nitrogen and oxygen atoms in total. The number of rotatable bonds is 4. The van der Waals surface area contributed by atoms with Gasteiger partial charge in [0.2, 0.25) is 15.9 Å². The standard InChI is InChI=1S/C18H16BrNO3S/c19-17-8-4-7-15(11-17)16-9-10-20(18(21)12-16)24(22,23)13-14-5-2-1-3-6-14/h1-11,16H,12-13H2. The van der Waals surface area contributed by atoms with Crippen LogP contribution in [0, 0.1) is 0 Å². The summed E-state index contributed by atoms with van der Waals surface area (Å²) in [6, 6.07) is 16.5. The molecule has 0 N–H and O–H groups in total. The largest absolute Gasteiger partial charge is 0.273 e. The molecular weight excluding hydrogens is 390 g/mol. The predicted molar refractivity (Wildman–Crippen MR) is 96.6 cm³/mol. The minimum Gasteiger partial charge on any atom is -0.273 e. The molecule has 24 heavy (non-hydrogen) atoms. The van der Waals surface area contributed by atoms with Crippen LogP contribution < -0.4 is 0 Å². The van der Waals surface area contributed by atoms with Crippen molar-refractivity contribution in [2.75, 3.05) is 0 Å². The third-order valence-electron chi connectivity index (χ3n) is 3.86. The molecule has 1 aliphatic rings. The Morgan fingerprint density at radius 2 is 1.83 bits per heavy atom. The van der Waals surface area contributed by atoms with E-state index in [0.717, 1.165) is 14.3 Å². The Morgan fingerprint density at radius 1 is 1.08 bits per heavy atom. The Labute approximate surface area is 150 Å². The van der Waals surface area contributed by atoms with E-state index in [1.165, 1.54) is 6.20 Å². The van der Waals surface area contributed by atoms with Crippen LogP contribution in [0.3, 0.4) is 0 Å². The number of nitrogens with zero attached hydrogens (tertiary/aromatic N) is 1. The lowest BCUT2D eigenvalue weighted by atomic mass is 9.94. The summed E-state index contributed by atoms with van der Waals surface area (Å²) >= 11 is 3.41. The van der Waals surface area contributed by atoms with Crippen LogP contribution in [-0.2, 0) is 20.6 Å². The maximum absolute atomic E-state index is 12.5.